The van der Waals surface area contributed by atoms with E-state index in [1.807, 2.05) is 6.92 Å². The normalized spacial score (nSPS) is 12.7. The van der Waals surface area contributed by atoms with Gasteiger partial charge < -0.3 is 10.1 Å². The first-order valence-corrected chi connectivity index (χ1v) is 8.84. The molecule has 0 bridgehead atoms. The summed E-state index contributed by atoms with van der Waals surface area (Å²) in [6, 6.07) is 3.07. The third kappa shape index (κ3) is 3.07. The number of rotatable bonds is 5. The molecule has 0 fully saturated rings. The van der Waals surface area contributed by atoms with Crippen molar-refractivity contribution in [2.75, 3.05) is 11.9 Å². The molecule has 8 heteroatoms. The molecule has 4 rings (SSSR count). The van der Waals surface area contributed by atoms with Crippen molar-refractivity contribution in [3.8, 4) is 16.9 Å². The largest absolute Gasteiger partial charge is 0.493 e. The molecule has 140 valence electrons. The summed E-state index contributed by atoms with van der Waals surface area (Å²) in [7, 11) is 1.79. The van der Waals surface area contributed by atoms with Gasteiger partial charge in [-0.2, -0.15) is 5.10 Å². The molecule has 1 N–H and O–H groups in total. The van der Waals surface area contributed by atoms with Crippen LogP contribution in [0.5, 0.6) is 5.75 Å². The number of benzene rings is 1. The van der Waals surface area contributed by atoms with Gasteiger partial charge in [-0.15, -0.1) is 0 Å². The van der Waals surface area contributed by atoms with Crippen molar-refractivity contribution in [3.63, 3.8) is 0 Å². The molecule has 3 heterocycles. The molecule has 0 saturated heterocycles. The van der Waals surface area contributed by atoms with Crippen molar-refractivity contribution in [1.82, 2.24) is 19.3 Å². The first kappa shape index (κ1) is 17.3. The Labute approximate surface area is 155 Å². The summed E-state index contributed by atoms with van der Waals surface area (Å²) in [6.07, 6.45) is 5.61. The number of fused-ring (bicyclic) bond motifs is 1. The molecule has 1 aliphatic heterocycles. The highest BCUT2D eigenvalue weighted by molar-refractivity contribution is 5.60. The summed E-state index contributed by atoms with van der Waals surface area (Å²) in [5, 5.41) is 7.21. The van der Waals surface area contributed by atoms with Crippen LogP contribution in [0.3, 0.4) is 0 Å². The molecule has 0 radical (unpaired) electrons. The van der Waals surface area contributed by atoms with E-state index >= 15 is 0 Å². The Morgan fingerprint density at radius 1 is 1.33 bits per heavy atom. The number of nitrogens with zero attached hydrogens (tertiary/aromatic N) is 4. The number of anilines is 1. The van der Waals surface area contributed by atoms with Crippen molar-refractivity contribution < 1.29 is 9.13 Å². The number of halogens is 1. The smallest absolute Gasteiger partial charge is 0.262 e. The van der Waals surface area contributed by atoms with Crippen LogP contribution in [0.15, 0.2) is 35.5 Å². The summed E-state index contributed by atoms with van der Waals surface area (Å²) in [4.78, 5) is 17.2. The first-order valence-electron chi connectivity index (χ1n) is 8.84. The van der Waals surface area contributed by atoms with E-state index in [0.717, 1.165) is 11.3 Å². The van der Waals surface area contributed by atoms with Crippen LogP contribution in [0.25, 0.3) is 11.1 Å². The molecule has 0 saturated carbocycles. The van der Waals surface area contributed by atoms with Gasteiger partial charge in [0, 0.05) is 55.6 Å². The van der Waals surface area contributed by atoms with Crippen LogP contribution in [0.2, 0.25) is 0 Å². The SMILES string of the molecule is CCn1c(NCc2c(F)ccc3c2CCO3)ncc(-c2cnn(C)c2)c1=O. The van der Waals surface area contributed by atoms with Crippen molar-refractivity contribution in [3.05, 3.63) is 58.0 Å². The van der Waals surface area contributed by atoms with E-state index in [-0.39, 0.29) is 17.9 Å². The van der Waals surface area contributed by atoms with Gasteiger partial charge in [0.05, 0.1) is 18.4 Å². The average Bonchev–Trinajstić information content (AvgIpc) is 3.30. The maximum absolute atomic E-state index is 14.3. The van der Waals surface area contributed by atoms with E-state index in [1.54, 1.807) is 34.8 Å². The maximum atomic E-state index is 14.3. The molecule has 0 spiro atoms. The zero-order valence-electron chi connectivity index (χ0n) is 15.2. The van der Waals surface area contributed by atoms with Gasteiger partial charge in [0.1, 0.15) is 11.6 Å². The fraction of sp³-hybridized carbons (Fsp3) is 0.316. The Balaban J connectivity index is 1.65. The fourth-order valence-corrected chi connectivity index (χ4v) is 3.36. The number of hydrogen-bond acceptors (Lipinski definition) is 5. The van der Waals surface area contributed by atoms with Gasteiger partial charge in [-0.25, -0.2) is 9.37 Å². The van der Waals surface area contributed by atoms with E-state index in [1.165, 1.54) is 12.3 Å². The van der Waals surface area contributed by atoms with Gasteiger partial charge in [0.15, 0.2) is 0 Å². The van der Waals surface area contributed by atoms with Crippen LogP contribution in [-0.2, 0) is 26.6 Å². The second kappa shape index (κ2) is 6.86. The van der Waals surface area contributed by atoms with Gasteiger partial charge in [0.2, 0.25) is 5.95 Å². The van der Waals surface area contributed by atoms with Crippen LogP contribution < -0.4 is 15.6 Å². The lowest BCUT2D eigenvalue weighted by molar-refractivity contribution is 0.356. The minimum Gasteiger partial charge on any atom is -0.493 e. The molecule has 1 aromatic carbocycles. The molecule has 0 aliphatic carbocycles. The number of hydrogen-bond donors (Lipinski definition) is 1. The quantitative estimate of drug-likeness (QED) is 0.747. The van der Waals surface area contributed by atoms with Crippen molar-refractivity contribution in [1.29, 1.82) is 0 Å². The lowest BCUT2D eigenvalue weighted by Crippen LogP contribution is -2.25. The second-order valence-corrected chi connectivity index (χ2v) is 6.40. The third-order valence-corrected chi connectivity index (χ3v) is 4.74. The minimum absolute atomic E-state index is 0.162. The Morgan fingerprint density at radius 2 is 2.19 bits per heavy atom. The first-order chi connectivity index (χ1) is 13.1. The summed E-state index contributed by atoms with van der Waals surface area (Å²) >= 11 is 0. The molecule has 0 unspecified atom stereocenters. The van der Waals surface area contributed by atoms with Gasteiger partial charge in [-0.1, -0.05) is 0 Å². The zero-order chi connectivity index (χ0) is 19.0. The van der Waals surface area contributed by atoms with Crippen LogP contribution in [-0.4, -0.2) is 25.9 Å². The zero-order valence-corrected chi connectivity index (χ0v) is 15.2. The number of nitrogens with one attached hydrogen (secondary N) is 1. The van der Waals surface area contributed by atoms with E-state index < -0.39 is 0 Å². The highest BCUT2D eigenvalue weighted by Gasteiger charge is 2.20. The van der Waals surface area contributed by atoms with E-state index in [9.17, 15) is 9.18 Å². The standard InChI is InChI=1S/C19H20FN5O2/c1-3-25-18(26)14(12-8-23-24(2)11-12)9-21-19(25)22-10-15-13-6-7-27-17(13)5-4-16(15)20/h4-5,8-9,11H,3,6-7,10H2,1-2H3,(H,21,22). The minimum atomic E-state index is -0.288. The Hall–Kier alpha value is -3.16. The van der Waals surface area contributed by atoms with Crippen LogP contribution in [0.4, 0.5) is 10.3 Å². The maximum Gasteiger partial charge on any atom is 0.262 e. The van der Waals surface area contributed by atoms with Crippen molar-refractivity contribution >= 4 is 5.95 Å². The van der Waals surface area contributed by atoms with E-state index in [4.69, 9.17) is 4.74 Å². The highest BCUT2D eigenvalue weighted by Crippen LogP contribution is 2.30. The fourth-order valence-electron chi connectivity index (χ4n) is 3.36. The molecule has 27 heavy (non-hydrogen) atoms. The van der Waals surface area contributed by atoms with Gasteiger partial charge in [-0.3, -0.25) is 14.0 Å². The van der Waals surface area contributed by atoms with Crippen molar-refractivity contribution in [2.24, 2.45) is 7.05 Å². The van der Waals surface area contributed by atoms with Crippen molar-refractivity contribution in [2.45, 2.75) is 26.4 Å². The summed E-state index contributed by atoms with van der Waals surface area (Å²) in [5.41, 5.74) is 2.46. The molecule has 3 aromatic rings. The summed E-state index contributed by atoms with van der Waals surface area (Å²) < 4.78 is 23.0. The number of ether oxygens (including phenoxy) is 1. The van der Waals surface area contributed by atoms with E-state index in [2.05, 4.69) is 15.4 Å². The lowest BCUT2D eigenvalue weighted by atomic mass is 10.0. The molecular weight excluding hydrogens is 349 g/mol. The second-order valence-electron chi connectivity index (χ2n) is 6.40. The molecule has 0 amide bonds. The van der Waals surface area contributed by atoms with E-state index in [0.29, 0.717) is 42.2 Å². The number of aryl methyl sites for hydroxylation is 1. The van der Waals surface area contributed by atoms with Gasteiger partial charge in [-0.05, 0) is 19.1 Å². The summed E-state index contributed by atoms with van der Waals surface area (Å²) in [6.45, 7) is 3.11. The topological polar surface area (TPSA) is 74.0 Å². The lowest BCUT2D eigenvalue weighted by Gasteiger charge is -2.15. The molecule has 2 aromatic heterocycles. The molecule has 7 nitrogen and oxygen atoms in total. The van der Waals surface area contributed by atoms with Crippen LogP contribution >= 0.6 is 0 Å². The third-order valence-electron chi connectivity index (χ3n) is 4.74. The Kier molecular flexibility index (Phi) is 4.39. The number of aromatic nitrogens is 4. The molecular formula is C19H20FN5O2. The summed E-state index contributed by atoms with van der Waals surface area (Å²) in [5.74, 6) is 0.844. The van der Waals surface area contributed by atoms with Crippen LogP contribution in [0, 0.1) is 5.82 Å². The highest BCUT2D eigenvalue weighted by atomic mass is 19.1. The predicted molar refractivity (Wildman–Crippen MR) is 99.3 cm³/mol. The Morgan fingerprint density at radius 3 is 2.93 bits per heavy atom. The van der Waals surface area contributed by atoms with Gasteiger partial charge in [0.25, 0.3) is 5.56 Å². The van der Waals surface area contributed by atoms with Crippen LogP contribution in [0.1, 0.15) is 18.1 Å². The predicted octanol–water partition coefficient (Wildman–Crippen LogP) is 2.35. The average molecular weight is 369 g/mol. The van der Waals surface area contributed by atoms with Gasteiger partial charge >= 0.3 is 0 Å². The molecule has 1 aliphatic rings. The monoisotopic (exact) mass is 369 g/mol. The molecule has 0 atom stereocenters. The Bertz CT molecular complexity index is 1060.